The van der Waals surface area contributed by atoms with Crippen molar-refractivity contribution >= 4 is 23.4 Å². The Hall–Kier alpha value is -3.03. The third-order valence-corrected chi connectivity index (χ3v) is 3.60. The van der Waals surface area contributed by atoms with E-state index in [9.17, 15) is 14.4 Å². The molecule has 0 bridgehead atoms. The Morgan fingerprint density at radius 3 is 2.35 bits per heavy atom. The molecule has 8 heteroatoms. The van der Waals surface area contributed by atoms with Gasteiger partial charge in [0.15, 0.2) is 17.3 Å². The standard InChI is InChI=1S/C18H21NO7/c1-4-5-14(20)11-8-15-16(26-7-6-25-15)9-12(11)19-13(18(22)24-3)10-17(21)23-2/h8-10,19H,4-7H2,1-3H3/b13-10+. The number of nitrogens with one attached hydrogen (secondary N) is 1. The molecule has 1 aliphatic heterocycles. The van der Waals surface area contributed by atoms with Crippen LogP contribution in [-0.2, 0) is 19.1 Å². The molecule has 140 valence electrons. The number of benzene rings is 1. The van der Waals surface area contributed by atoms with E-state index in [0.29, 0.717) is 48.8 Å². The summed E-state index contributed by atoms with van der Waals surface area (Å²) in [4.78, 5) is 36.0. The first-order valence-electron chi connectivity index (χ1n) is 8.12. The number of carbonyl (C=O) groups excluding carboxylic acids is 3. The summed E-state index contributed by atoms with van der Waals surface area (Å²) in [6.45, 7) is 2.65. The summed E-state index contributed by atoms with van der Waals surface area (Å²) in [5, 5.41) is 2.78. The van der Waals surface area contributed by atoms with Crippen molar-refractivity contribution in [3.63, 3.8) is 0 Å². The molecule has 2 rings (SSSR count). The molecule has 1 N–H and O–H groups in total. The van der Waals surface area contributed by atoms with Crippen LogP contribution in [0.3, 0.4) is 0 Å². The molecule has 0 amide bonds. The first kappa shape index (κ1) is 19.3. The summed E-state index contributed by atoms with van der Waals surface area (Å²) in [7, 11) is 2.37. The third kappa shape index (κ3) is 4.53. The Morgan fingerprint density at radius 2 is 1.77 bits per heavy atom. The van der Waals surface area contributed by atoms with Crippen molar-refractivity contribution < 1.29 is 33.3 Å². The number of fused-ring (bicyclic) bond motifs is 1. The normalized spacial score (nSPS) is 13.0. The zero-order valence-electron chi connectivity index (χ0n) is 14.9. The van der Waals surface area contributed by atoms with Crippen molar-refractivity contribution in [3.05, 3.63) is 29.5 Å². The molecule has 8 nitrogen and oxygen atoms in total. The van der Waals surface area contributed by atoms with Gasteiger partial charge in [-0.05, 0) is 12.5 Å². The Bertz CT molecular complexity index is 739. The fraction of sp³-hybridized carbons (Fsp3) is 0.389. The van der Waals surface area contributed by atoms with Crippen LogP contribution < -0.4 is 14.8 Å². The summed E-state index contributed by atoms with van der Waals surface area (Å²) >= 11 is 0. The van der Waals surface area contributed by atoms with E-state index >= 15 is 0 Å². The second-order valence-corrected chi connectivity index (χ2v) is 5.41. The molecular weight excluding hydrogens is 342 g/mol. The van der Waals surface area contributed by atoms with Crippen molar-refractivity contribution in [3.8, 4) is 11.5 Å². The second-order valence-electron chi connectivity index (χ2n) is 5.41. The predicted octanol–water partition coefficient (Wildman–Crippen LogP) is 2.08. The maximum atomic E-state index is 12.5. The Morgan fingerprint density at radius 1 is 1.12 bits per heavy atom. The Labute approximate surface area is 151 Å². The van der Waals surface area contributed by atoms with E-state index in [0.717, 1.165) is 6.08 Å². The quantitative estimate of drug-likeness (QED) is 0.446. The summed E-state index contributed by atoms with van der Waals surface area (Å²) in [6.07, 6.45) is 1.94. The molecule has 0 atom stereocenters. The molecule has 0 aromatic heterocycles. The highest BCUT2D eigenvalue weighted by Crippen LogP contribution is 2.36. The number of ketones is 1. The van der Waals surface area contributed by atoms with Gasteiger partial charge in [-0.1, -0.05) is 6.92 Å². The molecule has 26 heavy (non-hydrogen) atoms. The maximum Gasteiger partial charge on any atom is 0.354 e. The van der Waals surface area contributed by atoms with Gasteiger partial charge in [-0.25, -0.2) is 9.59 Å². The second kappa shape index (κ2) is 8.89. The van der Waals surface area contributed by atoms with Crippen molar-refractivity contribution in [2.75, 3.05) is 32.8 Å². The van der Waals surface area contributed by atoms with Crippen molar-refractivity contribution in [1.29, 1.82) is 0 Å². The highest BCUT2D eigenvalue weighted by Gasteiger charge is 2.22. The molecule has 0 fully saturated rings. The fourth-order valence-corrected chi connectivity index (χ4v) is 2.36. The zero-order valence-corrected chi connectivity index (χ0v) is 14.9. The first-order valence-corrected chi connectivity index (χ1v) is 8.12. The van der Waals surface area contributed by atoms with Crippen LogP contribution in [0.2, 0.25) is 0 Å². The molecule has 1 aliphatic rings. The fourth-order valence-electron chi connectivity index (χ4n) is 2.36. The van der Waals surface area contributed by atoms with Crippen LogP contribution in [0.4, 0.5) is 5.69 Å². The minimum Gasteiger partial charge on any atom is -0.486 e. The average molecular weight is 363 g/mol. The van der Waals surface area contributed by atoms with E-state index in [1.807, 2.05) is 6.92 Å². The van der Waals surface area contributed by atoms with E-state index in [1.165, 1.54) is 14.2 Å². The minimum absolute atomic E-state index is 0.130. The number of ether oxygens (including phenoxy) is 4. The molecule has 1 heterocycles. The molecule has 0 saturated heterocycles. The molecule has 0 radical (unpaired) electrons. The number of Topliss-reactive ketones (excluding diaryl/α,β-unsaturated/α-hetero) is 1. The van der Waals surface area contributed by atoms with Crippen LogP contribution in [0.5, 0.6) is 11.5 Å². The molecule has 0 aliphatic carbocycles. The van der Waals surface area contributed by atoms with Gasteiger partial charge in [0.25, 0.3) is 0 Å². The lowest BCUT2D eigenvalue weighted by Gasteiger charge is -2.21. The van der Waals surface area contributed by atoms with Crippen LogP contribution in [0.15, 0.2) is 23.9 Å². The van der Waals surface area contributed by atoms with Gasteiger partial charge in [-0.15, -0.1) is 0 Å². The summed E-state index contributed by atoms with van der Waals surface area (Å²) in [5.74, 6) is -0.753. The SMILES string of the molecule is CCCC(=O)c1cc2c(cc1N/C(=C/C(=O)OC)C(=O)OC)OCCO2. The van der Waals surface area contributed by atoms with E-state index in [1.54, 1.807) is 12.1 Å². The van der Waals surface area contributed by atoms with Gasteiger partial charge in [-0.3, -0.25) is 4.79 Å². The number of carbonyl (C=O) groups is 3. The van der Waals surface area contributed by atoms with Crippen molar-refractivity contribution in [2.45, 2.75) is 19.8 Å². The van der Waals surface area contributed by atoms with Crippen molar-refractivity contribution in [2.24, 2.45) is 0 Å². The molecule has 0 spiro atoms. The monoisotopic (exact) mass is 363 g/mol. The number of hydrogen-bond acceptors (Lipinski definition) is 8. The third-order valence-electron chi connectivity index (χ3n) is 3.60. The van der Waals surface area contributed by atoms with Crippen molar-refractivity contribution in [1.82, 2.24) is 0 Å². The van der Waals surface area contributed by atoms with E-state index in [4.69, 9.17) is 9.47 Å². The lowest BCUT2D eigenvalue weighted by Crippen LogP contribution is -2.19. The summed E-state index contributed by atoms with van der Waals surface area (Å²) in [6, 6.07) is 3.13. The van der Waals surface area contributed by atoms with Gasteiger partial charge in [0.1, 0.15) is 18.9 Å². The number of rotatable bonds is 7. The van der Waals surface area contributed by atoms with Crippen LogP contribution in [0.1, 0.15) is 30.1 Å². The molecule has 0 saturated carbocycles. The van der Waals surface area contributed by atoms with E-state index in [-0.39, 0.29) is 11.5 Å². The predicted molar refractivity (Wildman–Crippen MR) is 92.4 cm³/mol. The lowest BCUT2D eigenvalue weighted by molar-refractivity contribution is -0.138. The van der Waals surface area contributed by atoms with Gasteiger partial charge in [0.05, 0.1) is 26.0 Å². The topological polar surface area (TPSA) is 100 Å². The smallest absolute Gasteiger partial charge is 0.354 e. The summed E-state index contributed by atoms with van der Waals surface area (Å²) in [5.41, 5.74) is 0.477. The van der Waals surface area contributed by atoms with Gasteiger partial charge in [0.2, 0.25) is 0 Å². The van der Waals surface area contributed by atoms with E-state index < -0.39 is 11.9 Å². The summed E-state index contributed by atoms with van der Waals surface area (Å²) < 4.78 is 20.3. The molecular formula is C18H21NO7. The Balaban J connectivity index is 2.47. The Kier molecular flexibility index (Phi) is 6.60. The lowest BCUT2D eigenvalue weighted by atomic mass is 10.0. The molecule has 1 aromatic carbocycles. The van der Waals surface area contributed by atoms with Crippen LogP contribution in [-0.4, -0.2) is 45.2 Å². The number of hydrogen-bond donors (Lipinski definition) is 1. The number of methoxy groups -OCH3 is 2. The minimum atomic E-state index is -0.779. The van der Waals surface area contributed by atoms with Gasteiger partial charge in [-0.2, -0.15) is 0 Å². The zero-order chi connectivity index (χ0) is 19.1. The van der Waals surface area contributed by atoms with Gasteiger partial charge >= 0.3 is 11.9 Å². The number of anilines is 1. The number of esters is 2. The van der Waals surface area contributed by atoms with Gasteiger partial charge < -0.3 is 24.3 Å². The highest BCUT2D eigenvalue weighted by atomic mass is 16.6. The van der Waals surface area contributed by atoms with E-state index in [2.05, 4.69) is 14.8 Å². The van der Waals surface area contributed by atoms with Crippen LogP contribution in [0, 0.1) is 0 Å². The van der Waals surface area contributed by atoms with Crippen LogP contribution in [0.25, 0.3) is 0 Å². The van der Waals surface area contributed by atoms with Crippen LogP contribution >= 0.6 is 0 Å². The average Bonchev–Trinajstić information content (AvgIpc) is 2.66. The highest BCUT2D eigenvalue weighted by molar-refractivity contribution is 6.05. The largest absolute Gasteiger partial charge is 0.486 e. The van der Waals surface area contributed by atoms with Gasteiger partial charge in [0, 0.05) is 18.1 Å². The molecule has 0 unspecified atom stereocenters. The molecule has 1 aromatic rings. The maximum absolute atomic E-state index is 12.5. The first-order chi connectivity index (χ1) is 12.5.